The Morgan fingerprint density at radius 2 is 0.963 bits per heavy atom. The maximum absolute atomic E-state index is 13.0. The van der Waals surface area contributed by atoms with Gasteiger partial charge in [-0.15, -0.1) is 0 Å². The number of rotatable bonds is 31. The molecule has 2 aliphatic rings. The zero-order valence-electron chi connectivity index (χ0n) is 50.1. The summed E-state index contributed by atoms with van der Waals surface area (Å²) in [5.74, 6) is -6.06. The lowest BCUT2D eigenvalue weighted by molar-refractivity contribution is -0.928. The van der Waals surface area contributed by atoms with E-state index in [-0.39, 0.29) is 63.2 Å². The van der Waals surface area contributed by atoms with Gasteiger partial charge in [-0.1, -0.05) is 117 Å². The number of amides is 3. The van der Waals surface area contributed by atoms with Crippen LogP contribution in [-0.2, 0) is 34.2 Å². The van der Waals surface area contributed by atoms with E-state index in [1.807, 2.05) is 48.5 Å². The summed E-state index contributed by atoms with van der Waals surface area (Å²) in [6.45, 7) is 12.5. The first-order chi connectivity index (χ1) is 37.3. The second-order valence-corrected chi connectivity index (χ2v) is 25.1. The van der Waals surface area contributed by atoms with Crippen LogP contribution in [-0.4, -0.2) is 173 Å². The summed E-state index contributed by atoms with van der Waals surface area (Å²) in [6, 6.07) is 15.3. The van der Waals surface area contributed by atoms with Crippen LogP contribution < -0.4 is 25.8 Å². The summed E-state index contributed by atoms with van der Waals surface area (Å²) >= 11 is 0. The molecule has 0 heterocycles. The Kier molecular flexibility index (Phi) is 27.3. The SMILES string of the molecule is CC(C)(c1ccc(OCC(O)C[N+](C)(C)NC(=O)C2CCCCC2C(=O)O)cc1)c1ccc(OCC(O)C[N+](C)(C)NC(=O)C2CCCCC2C(=O)O)cc1.CCCCCCC(C)CC(C(=O)N[N+](C)(C)CC(C)O)C(C)C(=O)O. The number of hydrogen-bond donors (Lipinski definition) is 9. The highest BCUT2D eigenvalue weighted by Crippen LogP contribution is 2.35. The van der Waals surface area contributed by atoms with Gasteiger partial charge < -0.3 is 40.1 Å². The predicted molar refractivity (Wildman–Crippen MR) is 304 cm³/mol. The zero-order chi connectivity index (χ0) is 60.2. The number of carbonyl (C=O) groups excluding carboxylic acids is 3. The van der Waals surface area contributed by atoms with Crippen LogP contribution >= 0.6 is 0 Å². The summed E-state index contributed by atoms with van der Waals surface area (Å²) in [6.07, 6.45) is 9.27. The molecule has 0 aromatic heterocycles. The van der Waals surface area contributed by atoms with E-state index in [2.05, 4.69) is 44.0 Å². The van der Waals surface area contributed by atoms with Crippen LogP contribution in [0.1, 0.15) is 143 Å². The van der Waals surface area contributed by atoms with Gasteiger partial charge in [0.1, 0.15) is 62.7 Å². The van der Waals surface area contributed by atoms with Crippen molar-refractivity contribution in [2.75, 3.05) is 75.1 Å². The number of hydrogen-bond acceptors (Lipinski definition) is 11. The van der Waals surface area contributed by atoms with Crippen molar-refractivity contribution in [3.63, 3.8) is 0 Å². The second kappa shape index (κ2) is 31.7. The number of unbranched alkanes of at least 4 members (excludes halogenated alkanes) is 3. The number of benzene rings is 2. The highest BCUT2D eigenvalue weighted by Gasteiger charge is 2.41. The lowest BCUT2D eigenvalue weighted by Crippen LogP contribution is -2.60. The molecule has 2 fully saturated rings. The Labute approximate surface area is 475 Å². The minimum Gasteiger partial charge on any atom is -0.491 e. The predicted octanol–water partition coefficient (Wildman–Crippen LogP) is 6.30. The summed E-state index contributed by atoms with van der Waals surface area (Å²) in [5.41, 5.74) is 10.4. The molecule has 10 unspecified atom stereocenters. The van der Waals surface area contributed by atoms with Crippen molar-refractivity contribution in [1.82, 2.24) is 16.3 Å². The molecular weight excluding hydrogens is 1030 g/mol. The number of likely N-dealkylation sites (N-methyl/N-ethyl adjacent to an activating group) is 3. The van der Waals surface area contributed by atoms with E-state index in [1.165, 1.54) is 19.3 Å². The number of quaternary nitrogens is 3. The Morgan fingerprint density at radius 1 is 0.575 bits per heavy atom. The van der Waals surface area contributed by atoms with Crippen molar-refractivity contribution in [1.29, 1.82) is 0 Å². The summed E-state index contributed by atoms with van der Waals surface area (Å²) in [7, 11) is 10.6. The number of carboxylic acids is 3. The van der Waals surface area contributed by atoms with Gasteiger partial charge in [-0.05, 0) is 80.3 Å². The summed E-state index contributed by atoms with van der Waals surface area (Å²) in [4.78, 5) is 73.4. The molecule has 0 aliphatic heterocycles. The van der Waals surface area contributed by atoms with Crippen molar-refractivity contribution in [3.8, 4) is 11.5 Å². The van der Waals surface area contributed by atoms with Crippen LogP contribution in [0, 0.1) is 41.4 Å². The average Bonchev–Trinajstić information content (AvgIpc) is 3.37. The first-order valence-corrected chi connectivity index (χ1v) is 28.9. The van der Waals surface area contributed by atoms with Gasteiger partial charge in [-0.3, -0.25) is 28.8 Å². The number of nitrogens with zero attached hydrogens (tertiary/aromatic N) is 3. The Hall–Kier alpha value is -5.38. The van der Waals surface area contributed by atoms with Crippen LogP contribution in [0.15, 0.2) is 48.5 Å². The molecule has 2 saturated carbocycles. The molecule has 0 bridgehead atoms. The lowest BCUT2D eigenvalue weighted by atomic mass is 9.78. The molecule has 2 aliphatic carbocycles. The van der Waals surface area contributed by atoms with Gasteiger partial charge in [0.05, 0.1) is 77.8 Å². The molecule has 0 spiro atoms. The molecule has 0 radical (unpaired) electrons. The number of nitrogens with one attached hydrogen (secondary N) is 3. The van der Waals surface area contributed by atoms with Crippen molar-refractivity contribution < 1.29 is 82.7 Å². The first-order valence-electron chi connectivity index (χ1n) is 28.9. The van der Waals surface area contributed by atoms with Crippen LogP contribution in [0.4, 0.5) is 0 Å². The van der Waals surface area contributed by atoms with Gasteiger partial charge >= 0.3 is 17.9 Å². The van der Waals surface area contributed by atoms with Crippen molar-refractivity contribution in [3.05, 3.63) is 59.7 Å². The molecule has 3 amide bonds. The van der Waals surface area contributed by atoms with Gasteiger partial charge in [0.25, 0.3) is 17.7 Å². The van der Waals surface area contributed by atoms with E-state index in [1.54, 1.807) is 56.1 Å². The summed E-state index contributed by atoms with van der Waals surface area (Å²) < 4.78 is 11.9. The van der Waals surface area contributed by atoms with E-state index in [0.717, 1.165) is 49.7 Å². The third kappa shape index (κ3) is 23.2. The number of aliphatic hydroxyl groups is 3. The van der Waals surface area contributed by atoms with Gasteiger partial charge in [-0.2, -0.15) is 0 Å². The normalized spacial score (nSPS) is 20.2. The fraction of sp³-hybridized carbons (Fsp3) is 0.700. The highest BCUT2D eigenvalue weighted by molar-refractivity contribution is 5.85. The van der Waals surface area contributed by atoms with E-state index in [0.29, 0.717) is 56.1 Å². The van der Waals surface area contributed by atoms with Crippen LogP contribution in [0.3, 0.4) is 0 Å². The smallest absolute Gasteiger partial charge is 0.307 e. The Bertz CT molecular complexity index is 2160. The largest absolute Gasteiger partial charge is 0.491 e. The molecule has 2 aromatic rings. The number of carbonyl (C=O) groups is 6. The van der Waals surface area contributed by atoms with Crippen molar-refractivity contribution >= 4 is 35.6 Å². The molecule has 80 heavy (non-hydrogen) atoms. The fourth-order valence-electron chi connectivity index (χ4n) is 11.2. The fourth-order valence-corrected chi connectivity index (χ4v) is 11.2. The number of aliphatic carboxylic acids is 3. The zero-order valence-corrected chi connectivity index (χ0v) is 50.1. The third-order valence-corrected chi connectivity index (χ3v) is 15.7. The maximum atomic E-state index is 13.0. The second-order valence-electron chi connectivity index (χ2n) is 25.1. The standard InChI is InChI=1S/C41H60N4O10.C19H38N2O4/c1-41(2,27-15-19-31(20-16-27)54-25-29(46)23-44(3,4)42-37(48)33-11-7-9-13-35(33)39(50)51)28-17-21-32(22-18-28)55-26-30(47)24-45(5,6)43-38(49)34-12-8-10-14-36(34)40(52)53;1-7-8-9-10-11-14(2)12-17(16(4)19(24)25)18(23)20-21(5,6)13-15(3)22/h15-22,29-30,33-36,46-47H,7-14,23-26H2,1-6H3,(H2-2,42,43,48,49,50,51,52,53);14-17,22H,7-13H2,1-6H3,(H-,20,23,24,25)/p+3. The number of ether oxygens (including phenoxy) is 2. The van der Waals surface area contributed by atoms with E-state index < -0.39 is 71.7 Å². The van der Waals surface area contributed by atoms with Gasteiger partial charge in [-0.25, -0.2) is 30.1 Å². The van der Waals surface area contributed by atoms with E-state index in [9.17, 15) is 59.4 Å². The third-order valence-electron chi connectivity index (χ3n) is 15.7. The van der Waals surface area contributed by atoms with Crippen molar-refractivity contribution in [2.24, 2.45) is 41.4 Å². The molecule has 20 heteroatoms. The quantitative estimate of drug-likeness (QED) is 0.0228. The molecule has 10 atom stereocenters. The van der Waals surface area contributed by atoms with E-state index >= 15 is 0 Å². The molecular formula is C60H101N6O14+3. The lowest BCUT2D eigenvalue weighted by Gasteiger charge is -2.34. The van der Waals surface area contributed by atoms with Gasteiger partial charge in [0.15, 0.2) is 0 Å². The molecule has 452 valence electrons. The molecule has 4 rings (SSSR count). The van der Waals surface area contributed by atoms with Crippen LogP contribution in [0.25, 0.3) is 0 Å². The minimum atomic E-state index is -0.945. The average molecular weight is 1130 g/mol. The topological polar surface area (TPSA) is 278 Å². The van der Waals surface area contributed by atoms with Crippen LogP contribution in [0.2, 0.25) is 0 Å². The monoisotopic (exact) mass is 1130 g/mol. The molecule has 20 nitrogen and oxygen atoms in total. The minimum absolute atomic E-state index is 0.0104. The number of carboxylic acid groups (broad SMARTS) is 3. The van der Waals surface area contributed by atoms with Gasteiger partial charge in [0, 0.05) is 5.41 Å². The molecule has 0 saturated heterocycles. The Balaban J connectivity index is 0.000000565. The molecule has 2 aromatic carbocycles. The van der Waals surface area contributed by atoms with Crippen LogP contribution in [0.5, 0.6) is 11.5 Å². The summed E-state index contributed by atoms with van der Waals surface area (Å²) in [5, 5.41) is 59.5. The molecule has 9 N–H and O–H groups in total. The number of aliphatic hydroxyl groups excluding tert-OH is 3. The maximum Gasteiger partial charge on any atom is 0.307 e. The van der Waals surface area contributed by atoms with Crippen molar-refractivity contribution in [2.45, 2.75) is 155 Å². The van der Waals surface area contributed by atoms with E-state index in [4.69, 9.17) is 9.47 Å². The first kappa shape index (κ1) is 68.9. The Morgan fingerprint density at radius 3 is 1.32 bits per heavy atom. The highest BCUT2D eigenvalue weighted by atomic mass is 16.5. The van der Waals surface area contributed by atoms with Gasteiger partial charge in [0.2, 0.25) is 0 Å².